The molecule has 0 aliphatic carbocycles. The van der Waals surface area contributed by atoms with Crippen molar-refractivity contribution < 1.29 is 9.53 Å². The first-order chi connectivity index (χ1) is 8.10. The summed E-state index contributed by atoms with van der Waals surface area (Å²) in [4.78, 5) is 11.7. The topological polar surface area (TPSA) is 64.4 Å². The molecule has 4 heteroatoms. The smallest absolute Gasteiger partial charge is 0.237 e. The zero-order valence-electron chi connectivity index (χ0n) is 10.6. The number of methoxy groups -OCH3 is 1. The van der Waals surface area contributed by atoms with E-state index in [-0.39, 0.29) is 11.9 Å². The Labute approximate surface area is 102 Å². The van der Waals surface area contributed by atoms with E-state index in [1.807, 2.05) is 38.1 Å². The molecular weight excluding hydrogens is 216 g/mol. The third kappa shape index (κ3) is 3.46. The summed E-state index contributed by atoms with van der Waals surface area (Å²) in [5.41, 5.74) is 6.62. The van der Waals surface area contributed by atoms with Crippen LogP contribution in [0.15, 0.2) is 24.3 Å². The molecule has 4 nitrogen and oxygen atoms in total. The lowest BCUT2D eigenvalue weighted by Gasteiger charge is -2.19. The monoisotopic (exact) mass is 236 g/mol. The molecule has 1 amide bonds. The molecule has 0 spiro atoms. The minimum absolute atomic E-state index is 0.115. The molecule has 0 fully saturated rings. The molecule has 2 atom stereocenters. The van der Waals surface area contributed by atoms with Gasteiger partial charge in [-0.25, -0.2) is 0 Å². The molecule has 1 aromatic carbocycles. The van der Waals surface area contributed by atoms with Gasteiger partial charge >= 0.3 is 0 Å². The average Bonchev–Trinajstić information content (AvgIpc) is 2.37. The summed E-state index contributed by atoms with van der Waals surface area (Å²) in [6.07, 6.45) is 0.629. The second kappa shape index (κ2) is 6.25. The van der Waals surface area contributed by atoms with E-state index < -0.39 is 6.04 Å². The van der Waals surface area contributed by atoms with Crippen LogP contribution in [0.4, 0.5) is 0 Å². The van der Waals surface area contributed by atoms with Crippen LogP contribution in [0.3, 0.4) is 0 Å². The van der Waals surface area contributed by atoms with Gasteiger partial charge in [0, 0.05) is 5.56 Å². The molecule has 94 valence electrons. The first-order valence-electron chi connectivity index (χ1n) is 5.79. The van der Waals surface area contributed by atoms with Crippen LogP contribution < -0.4 is 15.8 Å². The lowest BCUT2D eigenvalue weighted by atomic mass is 10.1. The van der Waals surface area contributed by atoms with E-state index in [1.54, 1.807) is 7.11 Å². The van der Waals surface area contributed by atoms with Crippen molar-refractivity contribution >= 4 is 5.91 Å². The largest absolute Gasteiger partial charge is 0.496 e. The van der Waals surface area contributed by atoms with Crippen LogP contribution in [0.2, 0.25) is 0 Å². The zero-order valence-corrected chi connectivity index (χ0v) is 10.6. The fourth-order valence-electron chi connectivity index (χ4n) is 1.61. The maximum absolute atomic E-state index is 11.7. The Morgan fingerprint density at radius 3 is 2.71 bits per heavy atom. The minimum Gasteiger partial charge on any atom is -0.496 e. The van der Waals surface area contributed by atoms with Crippen LogP contribution in [-0.2, 0) is 4.79 Å². The number of carbonyl (C=O) groups excluding carboxylic acids is 1. The van der Waals surface area contributed by atoms with Crippen LogP contribution in [0.25, 0.3) is 0 Å². The Morgan fingerprint density at radius 1 is 1.47 bits per heavy atom. The number of nitrogens with one attached hydrogen (secondary N) is 1. The number of rotatable bonds is 5. The molecule has 0 saturated carbocycles. The maximum Gasteiger partial charge on any atom is 0.237 e. The molecular formula is C13H20N2O2. The Balaban J connectivity index is 2.76. The predicted molar refractivity (Wildman–Crippen MR) is 67.8 cm³/mol. The zero-order chi connectivity index (χ0) is 12.8. The number of benzene rings is 1. The number of carbonyl (C=O) groups is 1. The minimum atomic E-state index is -0.452. The van der Waals surface area contributed by atoms with Gasteiger partial charge in [-0.05, 0) is 19.4 Å². The highest BCUT2D eigenvalue weighted by molar-refractivity contribution is 5.81. The van der Waals surface area contributed by atoms with E-state index >= 15 is 0 Å². The van der Waals surface area contributed by atoms with Crippen molar-refractivity contribution in [1.29, 1.82) is 0 Å². The molecule has 1 unspecified atom stereocenters. The predicted octanol–water partition coefficient (Wildman–Crippen LogP) is 1.61. The fraction of sp³-hybridized carbons (Fsp3) is 0.462. The standard InChI is InChI=1S/C13H20N2O2/c1-4-11(14)13(16)15-9(2)10-7-5-6-8-12(10)17-3/h5-9,11H,4,14H2,1-3H3,(H,15,16)/t9-,11?/m0/s1. The Bertz CT molecular complexity index is 379. The second-order valence-corrected chi connectivity index (χ2v) is 3.99. The van der Waals surface area contributed by atoms with Crippen molar-refractivity contribution in [2.24, 2.45) is 5.73 Å². The van der Waals surface area contributed by atoms with Crippen molar-refractivity contribution in [3.8, 4) is 5.75 Å². The van der Waals surface area contributed by atoms with E-state index in [9.17, 15) is 4.79 Å². The van der Waals surface area contributed by atoms with Crippen LogP contribution in [-0.4, -0.2) is 19.1 Å². The van der Waals surface area contributed by atoms with Gasteiger partial charge in [0.1, 0.15) is 5.75 Å². The SMILES string of the molecule is CCC(N)C(=O)N[C@@H](C)c1ccccc1OC. The highest BCUT2D eigenvalue weighted by Gasteiger charge is 2.16. The number of hydrogen-bond acceptors (Lipinski definition) is 3. The van der Waals surface area contributed by atoms with E-state index in [0.29, 0.717) is 6.42 Å². The fourth-order valence-corrected chi connectivity index (χ4v) is 1.61. The van der Waals surface area contributed by atoms with Crippen molar-refractivity contribution in [2.45, 2.75) is 32.4 Å². The van der Waals surface area contributed by atoms with Crippen LogP contribution in [0, 0.1) is 0 Å². The van der Waals surface area contributed by atoms with Gasteiger partial charge in [-0.15, -0.1) is 0 Å². The third-order valence-electron chi connectivity index (χ3n) is 2.74. The summed E-state index contributed by atoms with van der Waals surface area (Å²) in [6.45, 7) is 3.80. The second-order valence-electron chi connectivity index (χ2n) is 3.99. The first-order valence-corrected chi connectivity index (χ1v) is 5.79. The quantitative estimate of drug-likeness (QED) is 0.816. The van der Waals surface area contributed by atoms with Gasteiger partial charge in [-0.1, -0.05) is 25.1 Å². The van der Waals surface area contributed by atoms with Gasteiger partial charge in [0.25, 0.3) is 0 Å². The van der Waals surface area contributed by atoms with Crippen LogP contribution >= 0.6 is 0 Å². The maximum atomic E-state index is 11.7. The van der Waals surface area contributed by atoms with Crippen LogP contribution in [0.5, 0.6) is 5.75 Å². The van der Waals surface area contributed by atoms with Gasteiger partial charge in [0.15, 0.2) is 0 Å². The normalized spacial score (nSPS) is 13.9. The van der Waals surface area contributed by atoms with Gasteiger partial charge in [-0.2, -0.15) is 0 Å². The van der Waals surface area contributed by atoms with Crippen LogP contribution in [0.1, 0.15) is 31.9 Å². The molecule has 1 aromatic rings. The van der Waals surface area contributed by atoms with E-state index in [2.05, 4.69) is 5.32 Å². The van der Waals surface area contributed by atoms with Crippen molar-refractivity contribution in [3.05, 3.63) is 29.8 Å². The summed E-state index contributed by atoms with van der Waals surface area (Å²) >= 11 is 0. The Hall–Kier alpha value is -1.55. The molecule has 3 N–H and O–H groups in total. The molecule has 0 bridgehead atoms. The molecule has 17 heavy (non-hydrogen) atoms. The Kier molecular flexibility index (Phi) is 4.97. The van der Waals surface area contributed by atoms with E-state index in [1.165, 1.54) is 0 Å². The number of ether oxygens (including phenoxy) is 1. The molecule has 0 heterocycles. The van der Waals surface area contributed by atoms with E-state index in [0.717, 1.165) is 11.3 Å². The molecule has 0 aliphatic rings. The summed E-state index contributed by atoms with van der Waals surface area (Å²) in [5, 5.41) is 2.88. The molecule has 1 rings (SSSR count). The first kappa shape index (κ1) is 13.5. The highest BCUT2D eigenvalue weighted by Crippen LogP contribution is 2.24. The highest BCUT2D eigenvalue weighted by atomic mass is 16.5. The molecule has 0 aliphatic heterocycles. The lowest BCUT2D eigenvalue weighted by Crippen LogP contribution is -2.41. The van der Waals surface area contributed by atoms with Gasteiger partial charge in [-0.3, -0.25) is 4.79 Å². The van der Waals surface area contributed by atoms with E-state index in [4.69, 9.17) is 10.5 Å². The number of hydrogen-bond donors (Lipinski definition) is 2. The lowest BCUT2D eigenvalue weighted by molar-refractivity contribution is -0.123. The average molecular weight is 236 g/mol. The van der Waals surface area contributed by atoms with Gasteiger partial charge in [0.2, 0.25) is 5.91 Å². The molecule has 0 saturated heterocycles. The van der Waals surface area contributed by atoms with Gasteiger partial charge in [0.05, 0.1) is 19.2 Å². The summed E-state index contributed by atoms with van der Waals surface area (Å²) in [6, 6.07) is 7.05. The number of amides is 1. The molecule has 0 radical (unpaired) electrons. The number of nitrogens with two attached hydrogens (primary N) is 1. The Morgan fingerprint density at radius 2 is 2.12 bits per heavy atom. The molecule has 0 aromatic heterocycles. The third-order valence-corrected chi connectivity index (χ3v) is 2.74. The summed E-state index contributed by atoms with van der Waals surface area (Å²) < 4.78 is 5.25. The summed E-state index contributed by atoms with van der Waals surface area (Å²) in [7, 11) is 1.62. The summed E-state index contributed by atoms with van der Waals surface area (Å²) in [5.74, 6) is 0.635. The van der Waals surface area contributed by atoms with Crippen molar-refractivity contribution in [1.82, 2.24) is 5.32 Å². The van der Waals surface area contributed by atoms with Crippen molar-refractivity contribution in [3.63, 3.8) is 0 Å². The van der Waals surface area contributed by atoms with Crippen molar-refractivity contribution in [2.75, 3.05) is 7.11 Å². The number of para-hydroxylation sites is 1. The van der Waals surface area contributed by atoms with Gasteiger partial charge < -0.3 is 15.8 Å².